The highest BCUT2D eigenvalue weighted by Gasteiger charge is 2.49. The van der Waals surface area contributed by atoms with E-state index in [4.69, 9.17) is 0 Å². The molecule has 0 amide bonds. The number of rotatable bonds is 9. The van der Waals surface area contributed by atoms with Gasteiger partial charge >= 0.3 is 6.18 Å². The summed E-state index contributed by atoms with van der Waals surface area (Å²) in [6.07, 6.45) is -5.38. The molecule has 0 unspecified atom stereocenters. The predicted molar refractivity (Wildman–Crippen MR) is 174 cm³/mol. The van der Waals surface area contributed by atoms with E-state index in [0.29, 0.717) is 5.56 Å². The quantitative estimate of drug-likeness (QED) is 0.115. The van der Waals surface area contributed by atoms with Gasteiger partial charge in [0, 0.05) is 10.1 Å². The zero-order valence-corrected chi connectivity index (χ0v) is 25.1. The van der Waals surface area contributed by atoms with Crippen molar-refractivity contribution in [2.75, 3.05) is 0 Å². The molecule has 0 saturated heterocycles. The molecule has 2 radical (unpaired) electrons. The molecule has 0 bridgehead atoms. The van der Waals surface area contributed by atoms with Gasteiger partial charge in [0.25, 0.3) is 0 Å². The fourth-order valence-electron chi connectivity index (χ4n) is 6.38. The second-order valence-electron chi connectivity index (χ2n) is 10.9. The van der Waals surface area contributed by atoms with Crippen molar-refractivity contribution >= 4 is 9.52 Å². The molecule has 6 rings (SSSR count). The second-order valence-corrected chi connectivity index (χ2v) is 12.7. The van der Waals surface area contributed by atoms with Crippen LogP contribution in [0.25, 0.3) is 0 Å². The third-order valence-electron chi connectivity index (χ3n) is 8.22. The molecular weight excluding hydrogens is 566 g/mol. The summed E-state index contributed by atoms with van der Waals surface area (Å²) in [4.78, 5) is 0. The summed E-state index contributed by atoms with van der Waals surface area (Å²) in [6, 6.07) is 58.4. The summed E-state index contributed by atoms with van der Waals surface area (Å²) in [7, 11) is 0.0351. The van der Waals surface area contributed by atoms with Gasteiger partial charge in [-0.25, -0.2) is 0 Å². The van der Waals surface area contributed by atoms with E-state index in [1.165, 1.54) is 0 Å². The van der Waals surface area contributed by atoms with Crippen LogP contribution in [0.4, 0.5) is 13.2 Å². The van der Waals surface area contributed by atoms with Crippen LogP contribution < -0.4 is 0 Å². The average molecular weight is 597 g/mol. The average Bonchev–Trinajstić information content (AvgIpc) is 3.07. The van der Waals surface area contributed by atoms with Crippen molar-refractivity contribution in [3.63, 3.8) is 0 Å². The van der Waals surface area contributed by atoms with E-state index in [9.17, 15) is 13.2 Å². The molecular formula is C40H31F3Si. The molecule has 0 atom stereocenters. The van der Waals surface area contributed by atoms with Gasteiger partial charge in [-0.3, -0.25) is 0 Å². The molecule has 0 aliphatic rings. The summed E-state index contributed by atoms with van der Waals surface area (Å²) in [6.45, 7) is 0. The predicted octanol–water partition coefficient (Wildman–Crippen LogP) is 9.78. The van der Waals surface area contributed by atoms with Crippen molar-refractivity contribution in [3.8, 4) is 0 Å². The van der Waals surface area contributed by atoms with Gasteiger partial charge in [0.1, 0.15) is 0 Å². The highest BCUT2D eigenvalue weighted by molar-refractivity contribution is 6.49. The van der Waals surface area contributed by atoms with E-state index in [1.54, 1.807) is 12.1 Å². The Hall–Kier alpha value is -4.67. The van der Waals surface area contributed by atoms with Crippen molar-refractivity contribution in [3.05, 3.63) is 215 Å². The Labute approximate surface area is 259 Å². The van der Waals surface area contributed by atoms with Crippen LogP contribution in [0.5, 0.6) is 0 Å². The number of alkyl halides is 3. The zero-order valence-electron chi connectivity index (χ0n) is 24.1. The van der Waals surface area contributed by atoms with Crippen molar-refractivity contribution in [2.24, 2.45) is 0 Å². The van der Waals surface area contributed by atoms with Crippen LogP contribution in [0.2, 0.25) is 0 Å². The Kier molecular flexibility index (Phi) is 8.36. The van der Waals surface area contributed by atoms with Crippen LogP contribution in [0.3, 0.4) is 0 Å². The summed E-state index contributed by atoms with van der Waals surface area (Å²) in [5.41, 5.74) is 6.10. The third kappa shape index (κ3) is 5.66. The first-order valence-electron chi connectivity index (χ1n) is 14.7. The molecule has 0 spiro atoms. The fraction of sp³-hybridized carbons (Fsp3) is 0.100. The van der Waals surface area contributed by atoms with Gasteiger partial charge in [-0.15, -0.1) is 0 Å². The maximum absolute atomic E-state index is 14.2. The van der Waals surface area contributed by atoms with Gasteiger partial charge in [-0.1, -0.05) is 176 Å². The Morgan fingerprint density at radius 2 is 0.659 bits per heavy atom. The smallest absolute Gasteiger partial charge is 0.171 e. The SMILES string of the molecule is FC(F)(F)Cc1ccccc1C([Si]C(c1ccccc1)(c1ccccc1)c1ccccc1)(c1ccccc1)c1ccccc1. The molecule has 0 aliphatic heterocycles. The largest absolute Gasteiger partial charge is 0.393 e. The zero-order chi connectivity index (χ0) is 30.5. The Morgan fingerprint density at radius 3 is 1.00 bits per heavy atom. The van der Waals surface area contributed by atoms with Crippen LogP contribution >= 0.6 is 0 Å². The third-order valence-corrected chi connectivity index (χ3v) is 10.7. The Bertz CT molecular complexity index is 1630. The minimum absolute atomic E-state index is 0.0351. The van der Waals surface area contributed by atoms with E-state index < -0.39 is 22.7 Å². The Morgan fingerprint density at radius 1 is 0.364 bits per heavy atom. The first kappa shape index (κ1) is 29.4. The monoisotopic (exact) mass is 596 g/mol. The molecule has 0 N–H and O–H groups in total. The molecule has 0 aromatic heterocycles. The summed E-state index contributed by atoms with van der Waals surface area (Å²) < 4.78 is 42.7. The lowest BCUT2D eigenvalue weighted by atomic mass is 9.80. The molecule has 6 aromatic rings. The van der Waals surface area contributed by atoms with Crippen molar-refractivity contribution < 1.29 is 13.2 Å². The molecule has 0 saturated carbocycles. The van der Waals surface area contributed by atoms with Crippen LogP contribution in [-0.2, 0) is 16.5 Å². The molecule has 44 heavy (non-hydrogen) atoms. The van der Waals surface area contributed by atoms with Gasteiger partial charge in [0.05, 0.1) is 15.9 Å². The van der Waals surface area contributed by atoms with E-state index in [0.717, 1.165) is 27.8 Å². The molecule has 0 nitrogen and oxygen atoms in total. The number of hydrogen-bond donors (Lipinski definition) is 0. The lowest BCUT2D eigenvalue weighted by Gasteiger charge is -2.46. The molecule has 216 valence electrons. The molecule has 0 aliphatic carbocycles. The highest BCUT2D eigenvalue weighted by atomic mass is 28.2. The molecule has 0 heterocycles. The summed E-state index contributed by atoms with van der Waals surface area (Å²) >= 11 is 0. The lowest BCUT2D eigenvalue weighted by molar-refractivity contribution is -0.127. The maximum atomic E-state index is 14.2. The minimum atomic E-state index is -4.37. The molecule has 4 heteroatoms. The van der Waals surface area contributed by atoms with Crippen LogP contribution in [-0.4, -0.2) is 15.7 Å². The van der Waals surface area contributed by atoms with Gasteiger partial charge in [-0.2, -0.15) is 13.2 Å². The number of benzene rings is 6. The standard InChI is InChI=1S/C40H31F3Si/c41-38(42,43)30-31-18-16-17-29-37(31)40(35-25-12-4-13-26-35,36-27-14-5-15-28-36)44-39(32-19-6-1-7-20-32,33-21-8-2-9-22-33)34-23-10-3-11-24-34/h1-29H,30H2. The van der Waals surface area contributed by atoms with Gasteiger partial charge in [0.2, 0.25) is 0 Å². The summed E-state index contributed by atoms with van der Waals surface area (Å²) in [5, 5.41) is -1.65. The molecule has 6 aromatic carbocycles. The second kappa shape index (κ2) is 12.5. The fourth-order valence-corrected chi connectivity index (χ4v) is 8.88. The van der Waals surface area contributed by atoms with E-state index in [-0.39, 0.29) is 15.1 Å². The highest BCUT2D eigenvalue weighted by Crippen LogP contribution is 2.49. The number of halogens is 3. The van der Waals surface area contributed by atoms with E-state index >= 15 is 0 Å². The van der Waals surface area contributed by atoms with E-state index in [2.05, 4.69) is 60.7 Å². The van der Waals surface area contributed by atoms with E-state index in [1.807, 2.05) is 103 Å². The number of hydrogen-bond acceptors (Lipinski definition) is 0. The molecule has 0 fully saturated rings. The Balaban J connectivity index is 1.78. The van der Waals surface area contributed by atoms with Crippen molar-refractivity contribution in [1.82, 2.24) is 0 Å². The van der Waals surface area contributed by atoms with Gasteiger partial charge in [0.15, 0.2) is 0 Å². The first-order chi connectivity index (χ1) is 21.4. The minimum Gasteiger partial charge on any atom is -0.171 e. The topological polar surface area (TPSA) is 0 Å². The van der Waals surface area contributed by atoms with Gasteiger partial charge < -0.3 is 0 Å². The van der Waals surface area contributed by atoms with Crippen LogP contribution in [0, 0.1) is 0 Å². The van der Waals surface area contributed by atoms with Gasteiger partial charge in [-0.05, 0) is 38.9 Å². The summed E-state index contributed by atoms with van der Waals surface area (Å²) in [5.74, 6) is 0. The van der Waals surface area contributed by atoms with Crippen LogP contribution in [0.1, 0.15) is 38.9 Å². The first-order valence-corrected chi connectivity index (χ1v) is 15.7. The van der Waals surface area contributed by atoms with Crippen LogP contribution in [0.15, 0.2) is 176 Å². The lowest BCUT2D eigenvalue weighted by Crippen LogP contribution is -2.50. The normalized spacial score (nSPS) is 12.2. The maximum Gasteiger partial charge on any atom is 0.393 e. The van der Waals surface area contributed by atoms with Crippen molar-refractivity contribution in [2.45, 2.75) is 22.7 Å². The van der Waals surface area contributed by atoms with Crippen molar-refractivity contribution in [1.29, 1.82) is 0 Å².